The lowest BCUT2D eigenvalue weighted by molar-refractivity contribution is -0.132. The average molecular weight is 492 g/mol. The SMILES string of the molecule is Cc1cc(C)cc(N2C(=O)C(=O)/C(=C(\O)c3ccc(OC(C)C)cc3)C2c2ccc(O)c(Cl)c2)c1. The Morgan fingerprint density at radius 3 is 2.17 bits per heavy atom. The molecule has 3 aromatic rings. The van der Waals surface area contributed by atoms with Crippen molar-refractivity contribution in [3.63, 3.8) is 0 Å². The average Bonchev–Trinajstić information content (AvgIpc) is 3.05. The molecule has 7 heteroatoms. The number of Topliss-reactive ketones (excluding diaryl/α,β-unsaturated/α-hetero) is 1. The summed E-state index contributed by atoms with van der Waals surface area (Å²) in [6, 6.07) is 15.8. The number of rotatable bonds is 5. The third kappa shape index (κ3) is 4.75. The Kier molecular flexibility index (Phi) is 6.59. The van der Waals surface area contributed by atoms with Crippen LogP contribution in [0.25, 0.3) is 5.76 Å². The zero-order valence-corrected chi connectivity index (χ0v) is 20.6. The van der Waals surface area contributed by atoms with Crippen LogP contribution in [-0.2, 0) is 9.59 Å². The number of aromatic hydroxyl groups is 1. The Morgan fingerprint density at radius 2 is 1.60 bits per heavy atom. The Hall–Kier alpha value is -3.77. The van der Waals surface area contributed by atoms with Crippen LogP contribution in [0.4, 0.5) is 5.69 Å². The fraction of sp³-hybridized carbons (Fsp3) is 0.214. The molecule has 4 rings (SSSR count). The first-order chi connectivity index (χ1) is 16.6. The molecule has 3 aromatic carbocycles. The van der Waals surface area contributed by atoms with E-state index in [2.05, 4.69) is 0 Å². The van der Waals surface area contributed by atoms with Crippen LogP contribution in [0.3, 0.4) is 0 Å². The van der Waals surface area contributed by atoms with Gasteiger partial charge in [0, 0.05) is 11.3 Å². The van der Waals surface area contributed by atoms with Crippen LogP contribution in [-0.4, -0.2) is 28.0 Å². The Balaban J connectivity index is 1.91. The number of aryl methyl sites for hydroxylation is 2. The summed E-state index contributed by atoms with van der Waals surface area (Å²) in [7, 11) is 0. The third-order valence-corrected chi connectivity index (χ3v) is 6.02. The van der Waals surface area contributed by atoms with E-state index in [1.807, 2.05) is 45.9 Å². The maximum Gasteiger partial charge on any atom is 0.300 e. The van der Waals surface area contributed by atoms with E-state index in [-0.39, 0.29) is 28.2 Å². The van der Waals surface area contributed by atoms with E-state index in [1.54, 1.807) is 30.3 Å². The van der Waals surface area contributed by atoms with Crippen molar-refractivity contribution in [3.05, 3.63) is 93.5 Å². The Morgan fingerprint density at radius 1 is 0.971 bits per heavy atom. The van der Waals surface area contributed by atoms with E-state index in [1.165, 1.54) is 17.0 Å². The first-order valence-corrected chi connectivity index (χ1v) is 11.6. The number of halogens is 1. The van der Waals surface area contributed by atoms with Gasteiger partial charge in [-0.05, 0) is 92.9 Å². The van der Waals surface area contributed by atoms with Crippen LogP contribution in [0.15, 0.2) is 66.2 Å². The number of phenols is 1. The van der Waals surface area contributed by atoms with Crippen molar-refractivity contribution in [3.8, 4) is 11.5 Å². The number of phenolic OH excluding ortho intramolecular Hbond substituents is 1. The van der Waals surface area contributed by atoms with Gasteiger partial charge in [0.2, 0.25) is 0 Å². The van der Waals surface area contributed by atoms with E-state index in [0.717, 1.165) is 11.1 Å². The van der Waals surface area contributed by atoms with Gasteiger partial charge in [-0.15, -0.1) is 0 Å². The molecule has 1 saturated heterocycles. The number of hydrogen-bond donors (Lipinski definition) is 2. The maximum absolute atomic E-state index is 13.3. The number of aliphatic hydroxyl groups is 1. The van der Waals surface area contributed by atoms with Gasteiger partial charge in [-0.25, -0.2) is 0 Å². The molecule has 0 radical (unpaired) electrons. The summed E-state index contributed by atoms with van der Waals surface area (Å²) in [6.45, 7) is 7.62. The van der Waals surface area contributed by atoms with E-state index in [9.17, 15) is 19.8 Å². The first-order valence-electron chi connectivity index (χ1n) is 11.2. The van der Waals surface area contributed by atoms with E-state index in [4.69, 9.17) is 16.3 Å². The topological polar surface area (TPSA) is 87.1 Å². The molecule has 1 aliphatic heterocycles. The number of amides is 1. The maximum atomic E-state index is 13.3. The van der Waals surface area contributed by atoms with Gasteiger partial charge >= 0.3 is 0 Å². The number of aliphatic hydroxyl groups excluding tert-OH is 1. The second-order valence-corrected chi connectivity index (χ2v) is 9.32. The van der Waals surface area contributed by atoms with E-state index in [0.29, 0.717) is 22.6 Å². The predicted molar refractivity (Wildman–Crippen MR) is 136 cm³/mol. The summed E-state index contributed by atoms with van der Waals surface area (Å²) in [5.41, 5.74) is 3.16. The number of ketones is 1. The molecule has 0 spiro atoms. The molecule has 180 valence electrons. The van der Waals surface area contributed by atoms with Crippen molar-refractivity contribution >= 4 is 34.7 Å². The largest absolute Gasteiger partial charge is 0.507 e. The van der Waals surface area contributed by atoms with E-state index < -0.39 is 17.7 Å². The number of ether oxygens (including phenoxy) is 1. The van der Waals surface area contributed by atoms with Crippen LogP contribution in [0.1, 0.15) is 42.1 Å². The second kappa shape index (κ2) is 9.47. The molecule has 0 aromatic heterocycles. The van der Waals surface area contributed by atoms with Crippen LogP contribution < -0.4 is 9.64 Å². The fourth-order valence-corrected chi connectivity index (χ4v) is 4.51. The second-order valence-electron chi connectivity index (χ2n) is 8.92. The number of carbonyl (C=O) groups excluding carboxylic acids is 2. The number of hydrogen-bond acceptors (Lipinski definition) is 5. The standard InChI is InChI=1S/C28H26ClNO5/c1-15(2)35-21-8-5-18(6-9-21)26(32)24-25(19-7-10-23(31)22(29)14-19)30(28(34)27(24)33)20-12-16(3)11-17(4)13-20/h5-15,25,31-32H,1-4H3/b26-24-. The van der Waals surface area contributed by atoms with Gasteiger partial charge in [-0.1, -0.05) is 23.7 Å². The van der Waals surface area contributed by atoms with Crippen molar-refractivity contribution in [1.29, 1.82) is 0 Å². The minimum atomic E-state index is -0.944. The molecular weight excluding hydrogens is 466 g/mol. The van der Waals surface area contributed by atoms with Crippen LogP contribution in [0.5, 0.6) is 11.5 Å². The van der Waals surface area contributed by atoms with Crippen LogP contribution in [0, 0.1) is 13.8 Å². The highest BCUT2D eigenvalue weighted by atomic mass is 35.5. The highest BCUT2D eigenvalue weighted by molar-refractivity contribution is 6.51. The van der Waals surface area contributed by atoms with Gasteiger partial charge < -0.3 is 14.9 Å². The smallest absolute Gasteiger partial charge is 0.300 e. The van der Waals surface area contributed by atoms with Crippen molar-refractivity contribution in [2.75, 3.05) is 4.90 Å². The first kappa shape index (κ1) is 24.4. The molecule has 0 bridgehead atoms. The number of anilines is 1. The monoisotopic (exact) mass is 491 g/mol. The number of nitrogens with zero attached hydrogens (tertiary/aromatic N) is 1. The van der Waals surface area contributed by atoms with Gasteiger partial charge in [-0.2, -0.15) is 0 Å². The molecule has 35 heavy (non-hydrogen) atoms. The van der Waals surface area contributed by atoms with Gasteiger partial charge in [0.15, 0.2) is 0 Å². The normalized spacial score (nSPS) is 17.3. The van der Waals surface area contributed by atoms with Crippen LogP contribution >= 0.6 is 11.6 Å². The van der Waals surface area contributed by atoms with Gasteiger partial charge in [-0.3, -0.25) is 14.5 Å². The zero-order chi connectivity index (χ0) is 25.4. The molecule has 1 fully saturated rings. The van der Waals surface area contributed by atoms with Crippen molar-refractivity contribution < 1.29 is 24.5 Å². The molecule has 0 saturated carbocycles. The summed E-state index contributed by atoms with van der Waals surface area (Å²) >= 11 is 6.18. The molecule has 0 aliphatic carbocycles. The summed E-state index contributed by atoms with van der Waals surface area (Å²) in [5, 5.41) is 21.3. The third-order valence-electron chi connectivity index (χ3n) is 5.72. The van der Waals surface area contributed by atoms with Gasteiger partial charge in [0.25, 0.3) is 11.7 Å². The lowest BCUT2D eigenvalue weighted by Gasteiger charge is -2.26. The number of carbonyl (C=O) groups is 2. The molecule has 1 heterocycles. The van der Waals surface area contributed by atoms with Gasteiger partial charge in [0.1, 0.15) is 17.3 Å². The van der Waals surface area contributed by atoms with Crippen molar-refractivity contribution in [2.24, 2.45) is 0 Å². The zero-order valence-electron chi connectivity index (χ0n) is 19.9. The number of benzene rings is 3. The molecule has 1 unspecified atom stereocenters. The molecule has 6 nitrogen and oxygen atoms in total. The predicted octanol–water partition coefficient (Wildman–Crippen LogP) is 6.08. The fourth-order valence-electron chi connectivity index (χ4n) is 4.32. The Bertz CT molecular complexity index is 1320. The molecular formula is C28H26ClNO5. The lowest BCUT2D eigenvalue weighted by atomic mass is 9.95. The lowest BCUT2D eigenvalue weighted by Crippen LogP contribution is -2.29. The van der Waals surface area contributed by atoms with Gasteiger partial charge in [0.05, 0.1) is 22.7 Å². The summed E-state index contributed by atoms with van der Waals surface area (Å²) < 4.78 is 5.66. The van der Waals surface area contributed by atoms with Crippen molar-refractivity contribution in [2.45, 2.75) is 39.8 Å². The van der Waals surface area contributed by atoms with Crippen LogP contribution in [0.2, 0.25) is 5.02 Å². The minimum absolute atomic E-state index is 0.0168. The minimum Gasteiger partial charge on any atom is -0.507 e. The highest BCUT2D eigenvalue weighted by Gasteiger charge is 2.47. The highest BCUT2D eigenvalue weighted by Crippen LogP contribution is 2.44. The van der Waals surface area contributed by atoms with Crippen molar-refractivity contribution in [1.82, 2.24) is 0 Å². The Labute approximate surface area is 209 Å². The summed E-state index contributed by atoms with van der Waals surface area (Å²) in [4.78, 5) is 28.0. The quantitative estimate of drug-likeness (QED) is 0.257. The summed E-state index contributed by atoms with van der Waals surface area (Å²) in [5.74, 6) is -1.38. The molecule has 1 aliphatic rings. The summed E-state index contributed by atoms with van der Waals surface area (Å²) in [6.07, 6.45) is -0.0168. The molecule has 1 amide bonds. The molecule has 1 atom stereocenters. The van der Waals surface area contributed by atoms with E-state index >= 15 is 0 Å². The molecule has 2 N–H and O–H groups in total.